The molecule has 0 aromatic rings. The molecule has 82 valence electrons. The molecule has 1 heteroatoms. The van der Waals surface area contributed by atoms with Gasteiger partial charge in [-0.05, 0) is 24.7 Å². The molecular formula is C13H24O. The van der Waals surface area contributed by atoms with Gasteiger partial charge in [0, 0.05) is 12.8 Å². The van der Waals surface area contributed by atoms with E-state index in [1.54, 1.807) is 0 Å². The van der Waals surface area contributed by atoms with E-state index >= 15 is 0 Å². The van der Waals surface area contributed by atoms with E-state index in [9.17, 15) is 4.79 Å². The molecule has 1 fully saturated rings. The SMILES string of the molecule is CCCC[C@@]1(CC)CCCCC(=O)C1. The van der Waals surface area contributed by atoms with E-state index in [2.05, 4.69) is 13.8 Å². The van der Waals surface area contributed by atoms with Crippen LogP contribution in [0.25, 0.3) is 0 Å². The summed E-state index contributed by atoms with van der Waals surface area (Å²) in [5.74, 6) is 0.514. The quantitative estimate of drug-likeness (QED) is 0.618. The van der Waals surface area contributed by atoms with Gasteiger partial charge >= 0.3 is 0 Å². The number of hydrogen-bond acceptors (Lipinski definition) is 1. The van der Waals surface area contributed by atoms with Crippen LogP contribution >= 0.6 is 0 Å². The summed E-state index contributed by atoms with van der Waals surface area (Å²) in [5, 5.41) is 0. The van der Waals surface area contributed by atoms with E-state index in [1.165, 1.54) is 38.5 Å². The van der Waals surface area contributed by atoms with Crippen molar-refractivity contribution in [1.29, 1.82) is 0 Å². The Kier molecular flexibility index (Phi) is 4.64. The van der Waals surface area contributed by atoms with Crippen LogP contribution in [-0.4, -0.2) is 5.78 Å². The summed E-state index contributed by atoms with van der Waals surface area (Å²) < 4.78 is 0. The first-order valence-corrected chi connectivity index (χ1v) is 6.24. The number of carbonyl (C=O) groups is 1. The normalized spacial score (nSPS) is 28.9. The zero-order valence-electron chi connectivity index (χ0n) is 9.77. The third-order valence-corrected chi connectivity index (χ3v) is 3.80. The van der Waals surface area contributed by atoms with Crippen molar-refractivity contribution >= 4 is 5.78 Å². The second-order valence-electron chi connectivity index (χ2n) is 4.88. The average molecular weight is 196 g/mol. The Bertz CT molecular complexity index is 186. The van der Waals surface area contributed by atoms with Gasteiger partial charge in [-0.15, -0.1) is 0 Å². The molecule has 0 bridgehead atoms. The predicted octanol–water partition coefficient (Wildman–Crippen LogP) is 4.11. The fraction of sp³-hybridized carbons (Fsp3) is 0.923. The lowest BCUT2D eigenvalue weighted by atomic mass is 9.74. The van der Waals surface area contributed by atoms with E-state index in [0.29, 0.717) is 11.2 Å². The third-order valence-electron chi connectivity index (χ3n) is 3.80. The van der Waals surface area contributed by atoms with E-state index in [4.69, 9.17) is 0 Å². The van der Waals surface area contributed by atoms with Crippen molar-refractivity contribution < 1.29 is 4.79 Å². The van der Waals surface area contributed by atoms with Gasteiger partial charge in [0.1, 0.15) is 5.78 Å². The zero-order chi connectivity index (χ0) is 10.4. The first-order valence-electron chi connectivity index (χ1n) is 6.24. The second kappa shape index (κ2) is 5.53. The first-order chi connectivity index (χ1) is 6.72. The van der Waals surface area contributed by atoms with Gasteiger partial charge in [-0.25, -0.2) is 0 Å². The molecule has 0 unspecified atom stereocenters. The topological polar surface area (TPSA) is 17.1 Å². The number of ketones is 1. The second-order valence-corrected chi connectivity index (χ2v) is 4.88. The molecule has 0 N–H and O–H groups in total. The number of hydrogen-bond donors (Lipinski definition) is 0. The standard InChI is InChI=1S/C13H24O/c1-3-5-9-13(4-2)10-7-6-8-12(14)11-13/h3-11H2,1-2H3/t13-/m0/s1. The minimum absolute atomic E-state index is 0.379. The van der Waals surface area contributed by atoms with Gasteiger partial charge in [-0.2, -0.15) is 0 Å². The van der Waals surface area contributed by atoms with Gasteiger partial charge in [0.05, 0.1) is 0 Å². The summed E-state index contributed by atoms with van der Waals surface area (Å²) in [5.41, 5.74) is 0.379. The molecule has 1 atom stereocenters. The fourth-order valence-electron chi connectivity index (χ4n) is 2.66. The average Bonchev–Trinajstić information content (AvgIpc) is 2.38. The molecule has 0 aliphatic heterocycles. The third kappa shape index (κ3) is 3.11. The maximum absolute atomic E-state index is 11.6. The van der Waals surface area contributed by atoms with Crippen molar-refractivity contribution in [2.45, 2.75) is 71.6 Å². The Morgan fingerprint density at radius 2 is 2.07 bits per heavy atom. The van der Waals surface area contributed by atoms with Gasteiger partial charge in [0.25, 0.3) is 0 Å². The Balaban J connectivity index is 2.59. The molecule has 0 aromatic heterocycles. The molecule has 0 radical (unpaired) electrons. The molecule has 0 saturated heterocycles. The van der Waals surface area contributed by atoms with Crippen LogP contribution in [0.4, 0.5) is 0 Å². The van der Waals surface area contributed by atoms with Gasteiger partial charge in [0.15, 0.2) is 0 Å². The fourth-order valence-corrected chi connectivity index (χ4v) is 2.66. The highest BCUT2D eigenvalue weighted by molar-refractivity contribution is 5.79. The minimum atomic E-state index is 0.379. The lowest BCUT2D eigenvalue weighted by Crippen LogP contribution is -2.22. The Morgan fingerprint density at radius 3 is 2.71 bits per heavy atom. The molecule has 0 spiro atoms. The van der Waals surface area contributed by atoms with Crippen molar-refractivity contribution in [3.63, 3.8) is 0 Å². The Labute approximate surface area is 88.3 Å². The minimum Gasteiger partial charge on any atom is -0.300 e. The smallest absolute Gasteiger partial charge is 0.133 e. The maximum Gasteiger partial charge on any atom is 0.133 e. The van der Waals surface area contributed by atoms with Gasteiger partial charge < -0.3 is 0 Å². The van der Waals surface area contributed by atoms with Crippen LogP contribution < -0.4 is 0 Å². The van der Waals surface area contributed by atoms with Crippen molar-refractivity contribution in [2.24, 2.45) is 5.41 Å². The molecule has 1 saturated carbocycles. The maximum atomic E-state index is 11.6. The van der Waals surface area contributed by atoms with E-state index in [1.807, 2.05) is 0 Å². The summed E-state index contributed by atoms with van der Waals surface area (Å²) in [6.07, 6.45) is 10.4. The van der Waals surface area contributed by atoms with Crippen molar-refractivity contribution in [3.05, 3.63) is 0 Å². The summed E-state index contributed by atoms with van der Waals surface area (Å²) in [6.45, 7) is 4.50. The monoisotopic (exact) mass is 196 g/mol. The lowest BCUT2D eigenvalue weighted by molar-refractivity contribution is -0.121. The van der Waals surface area contributed by atoms with Crippen LogP contribution in [0, 0.1) is 5.41 Å². The van der Waals surface area contributed by atoms with E-state index in [-0.39, 0.29) is 0 Å². The molecule has 0 heterocycles. The number of Topliss-reactive ketones (excluding diaryl/α,β-unsaturated/α-hetero) is 1. The predicted molar refractivity (Wildman–Crippen MR) is 60.3 cm³/mol. The highest BCUT2D eigenvalue weighted by Crippen LogP contribution is 2.40. The highest BCUT2D eigenvalue weighted by Gasteiger charge is 2.31. The van der Waals surface area contributed by atoms with Crippen LogP contribution in [0.2, 0.25) is 0 Å². The summed E-state index contributed by atoms with van der Waals surface area (Å²) in [4.78, 5) is 11.6. The Hall–Kier alpha value is -0.330. The molecule has 14 heavy (non-hydrogen) atoms. The molecule has 1 nitrogen and oxygen atoms in total. The van der Waals surface area contributed by atoms with Gasteiger partial charge in [-0.1, -0.05) is 39.5 Å². The van der Waals surface area contributed by atoms with Crippen molar-refractivity contribution in [1.82, 2.24) is 0 Å². The number of carbonyl (C=O) groups excluding carboxylic acids is 1. The van der Waals surface area contributed by atoms with Crippen LogP contribution in [0.15, 0.2) is 0 Å². The lowest BCUT2D eigenvalue weighted by Gasteiger charge is -2.30. The van der Waals surface area contributed by atoms with E-state index in [0.717, 1.165) is 19.3 Å². The van der Waals surface area contributed by atoms with Crippen LogP contribution in [0.5, 0.6) is 0 Å². The van der Waals surface area contributed by atoms with Crippen molar-refractivity contribution in [3.8, 4) is 0 Å². The highest BCUT2D eigenvalue weighted by atomic mass is 16.1. The Morgan fingerprint density at radius 1 is 1.29 bits per heavy atom. The largest absolute Gasteiger partial charge is 0.300 e. The zero-order valence-corrected chi connectivity index (χ0v) is 9.77. The first kappa shape index (κ1) is 11.7. The van der Waals surface area contributed by atoms with E-state index < -0.39 is 0 Å². The van der Waals surface area contributed by atoms with Crippen LogP contribution in [0.3, 0.4) is 0 Å². The molecule has 0 amide bonds. The van der Waals surface area contributed by atoms with Crippen LogP contribution in [0.1, 0.15) is 71.6 Å². The number of rotatable bonds is 4. The van der Waals surface area contributed by atoms with Gasteiger partial charge in [0.2, 0.25) is 0 Å². The molecule has 1 aliphatic carbocycles. The van der Waals surface area contributed by atoms with Gasteiger partial charge in [-0.3, -0.25) is 4.79 Å². The van der Waals surface area contributed by atoms with Crippen molar-refractivity contribution in [2.75, 3.05) is 0 Å². The molecule has 1 aliphatic rings. The number of unbranched alkanes of at least 4 members (excludes halogenated alkanes) is 1. The summed E-state index contributed by atoms with van der Waals surface area (Å²) in [6, 6.07) is 0. The molecule has 0 aromatic carbocycles. The summed E-state index contributed by atoms with van der Waals surface area (Å²) in [7, 11) is 0. The van der Waals surface area contributed by atoms with Crippen LogP contribution in [-0.2, 0) is 4.79 Å². The molecule has 1 rings (SSSR count). The summed E-state index contributed by atoms with van der Waals surface area (Å²) >= 11 is 0. The molecular weight excluding hydrogens is 172 g/mol.